The van der Waals surface area contributed by atoms with Crippen LogP contribution in [0.3, 0.4) is 0 Å². The maximum Gasteiger partial charge on any atom is 0.401 e. The third-order valence-corrected chi connectivity index (χ3v) is 1.50. The Morgan fingerprint density at radius 2 is 0.786 bits per heavy atom. The lowest BCUT2D eigenvalue weighted by Gasteiger charge is -2.05. The predicted molar refractivity (Wildman–Crippen MR) is 55.5 cm³/mol. The molecule has 84 valence electrons. The summed E-state index contributed by atoms with van der Waals surface area (Å²) in [5.41, 5.74) is -2.72. The van der Waals surface area contributed by atoms with E-state index in [-0.39, 0.29) is 0 Å². The van der Waals surface area contributed by atoms with E-state index in [4.69, 9.17) is 19.8 Å². The molecule has 0 bridgehead atoms. The number of carboxylic acid groups (broad SMARTS) is 2. The smallest absolute Gasteiger partial charge is 0.401 e. The average molecular weight is 245 g/mol. The summed E-state index contributed by atoms with van der Waals surface area (Å²) >= 11 is 8.38. The van der Waals surface area contributed by atoms with E-state index >= 15 is 0 Å². The van der Waals surface area contributed by atoms with Crippen LogP contribution in [0.25, 0.3) is 0 Å². The van der Waals surface area contributed by atoms with Gasteiger partial charge >= 0.3 is 10.9 Å². The second kappa shape index (κ2) is 12.5. The molecule has 0 saturated heterocycles. The van der Waals surface area contributed by atoms with E-state index in [9.17, 15) is 0 Å². The van der Waals surface area contributed by atoms with Gasteiger partial charge in [0.25, 0.3) is 0 Å². The summed E-state index contributed by atoms with van der Waals surface area (Å²) in [7, 11) is 0. The molecule has 1 fully saturated rings. The van der Waals surface area contributed by atoms with Crippen LogP contribution in [0.1, 0.15) is 38.5 Å². The van der Waals surface area contributed by atoms with Crippen molar-refractivity contribution in [3.63, 3.8) is 0 Å². The molecule has 0 aromatic heterocycles. The van der Waals surface area contributed by atoms with Gasteiger partial charge in [-0.2, -0.15) is 0 Å². The standard InChI is InChI=1S/C6H12.2CHClO2/c1-2-4-6-5-3-1;2*2-1(3)4/h1-6H2;2*(H,3,4). The highest BCUT2D eigenvalue weighted by Gasteiger charge is 1.95. The summed E-state index contributed by atoms with van der Waals surface area (Å²) in [6, 6.07) is 0. The second-order valence-corrected chi connectivity index (χ2v) is 3.27. The average Bonchev–Trinajstić information content (AvgIpc) is 2.05. The third-order valence-electron chi connectivity index (χ3n) is 1.50. The van der Waals surface area contributed by atoms with Crippen LogP contribution in [-0.2, 0) is 0 Å². The van der Waals surface area contributed by atoms with Crippen molar-refractivity contribution in [1.29, 1.82) is 0 Å². The van der Waals surface area contributed by atoms with Gasteiger partial charge in [0.05, 0.1) is 0 Å². The van der Waals surface area contributed by atoms with Crippen LogP contribution in [0, 0.1) is 0 Å². The lowest BCUT2D eigenvalue weighted by molar-refractivity contribution is 0.219. The normalized spacial score (nSPS) is 13.9. The Kier molecular flexibility index (Phi) is 14.3. The molecule has 0 aromatic rings. The minimum atomic E-state index is -1.36. The molecule has 1 aliphatic carbocycles. The molecule has 1 rings (SSSR count). The largest absolute Gasteiger partial charge is 0.469 e. The highest BCUT2D eigenvalue weighted by molar-refractivity contribution is 6.60. The maximum absolute atomic E-state index is 8.77. The molecule has 6 heteroatoms. The molecule has 0 spiro atoms. The van der Waals surface area contributed by atoms with E-state index in [1.165, 1.54) is 38.5 Å². The lowest BCUT2D eigenvalue weighted by Crippen LogP contribution is -1.85. The summed E-state index contributed by atoms with van der Waals surface area (Å²) in [5, 5.41) is 14.4. The first-order valence-electron chi connectivity index (χ1n) is 4.23. The zero-order valence-electron chi connectivity index (χ0n) is 7.71. The SMILES string of the molecule is C1CCCCC1.O=C(O)Cl.O=C(O)Cl. The van der Waals surface area contributed by atoms with Gasteiger partial charge < -0.3 is 10.2 Å². The van der Waals surface area contributed by atoms with Crippen LogP contribution < -0.4 is 0 Å². The van der Waals surface area contributed by atoms with Crippen molar-refractivity contribution in [3.8, 4) is 0 Å². The van der Waals surface area contributed by atoms with E-state index in [1.54, 1.807) is 0 Å². The highest BCUT2D eigenvalue weighted by Crippen LogP contribution is 2.15. The Bertz CT molecular complexity index is 126. The van der Waals surface area contributed by atoms with Gasteiger partial charge in [-0.3, -0.25) is 0 Å². The van der Waals surface area contributed by atoms with Gasteiger partial charge in [0.1, 0.15) is 0 Å². The molecule has 4 nitrogen and oxygen atoms in total. The van der Waals surface area contributed by atoms with Crippen molar-refractivity contribution in [2.45, 2.75) is 38.5 Å². The Balaban J connectivity index is 0. The molecule has 14 heavy (non-hydrogen) atoms. The van der Waals surface area contributed by atoms with Crippen LogP contribution in [0.15, 0.2) is 0 Å². The number of carbonyl (C=O) groups is 2. The fourth-order valence-corrected chi connectivity index (χ4v) is 1.06. The van der Waals surface area contributed by atoms with Gasteiger partial charge in [-0.05, 0) is 0 Å². The number of halogens is 2. The quantitative estimate of drug-likeness (QED) is 0.628. The van der Waals surface area contributed by atoms with Gasteiger partial charge in [0, 0.05) is 23.2 Å². The van der Waals surface area contributed by atoms with Crippen molar-refractivity contribution in [2.75, 3.05) is 0 Å². The van der Waals surface area contributed by atoms with Crippen LogP contribution in [0.2, 0.25) is 0 Å². The third kappa shape index (κ3) is 41.8. The number of hydrogen-bond donors (Lipinski definition) is 2. The molecule has 0 unspecified atom stereocenters. The molecule has 0 heterocycles. The van der Waals surface area contributed by atoms with Crippen molar-refractivity contribution in [2.24, 2.45) is 0 Å². The molecular weight excluding hydrogens is 231 g/mol. The molecule has 0 radical (unpaired) electrons. The zero-order valence-corrected chi connectivity index (χ0v) is 9.22. The molecule has 0 aromatic carbocycles. The minimum Gasteiger partial charge on any atom is -0.469 e. The fraction of sp³-hybridized carbons (Fsp3) is 0.750. The first-order chi connectivity index (χ1) is 6.46. The summed E-state index contributed by atoms with van der Waals surface area (Å²) in [4.78, 5) is 17.5. The Morgan fingerprint density at radius 3 is 0.857 bits per heavy atom. The van der Waals surface area contributed by atoms with E-state index in [2.05, 4.69) is 23.2 Å². The first-order valence-corrected chi connectivity index (χ1v) is 4.99. The van der Waals surface area contributed by atoms with Crippen molar-refractivity contribution in [1.82, 2.24) is 0 Å². The second-order valence-electron chi connectivity index (χ2n) is 2.63. The predicted octanol–water partition coefficient (Wildman–Crippen LogP) is 4.15. The molecule has 0 atom stereocenters. The fourth-order valence-electron chi connectivity index (χ4n) is 1.06. The van der Waals surface area contributed by atoms with Gasteiger partial charge in [0.2, 0.25) is 0 Å². The summed E-state index contributed by atoms with van der Waals surface area (Å²) in [6.45, 7) is 0. The molecule has 0 amide bonds. The maximum atomic E-state index is 8.77. The highest BCUT2D eigenvalue weighted by atomic mass is 35.5. The van der Waals surface area contributed by atoms with E-state index in [0.29, 0.717) is 0 Å². The summed E-state index contributed by atoms with van der Waals surface area (Å²) in [6.07, 6.45) is 9.00. The zero-order chi connectivity index (χ0) is 11.4. The van der Waals surface area contributed by atoms with Gasteiger partial charge in [0.15, 0.2) is 0 Å². The van der Waals surface area contributed by atoms with E-state index in [0.717, 1.165) is 0 Å². The van der Waals surface area contributed by atoms with Crippen LogP contribution >= 0.6 is 23.2 Å². The van der Waals surface area contributed by atoms with Crippen molar-refractivity contribution < 1.29 is 19.8 Å². The summed E-state index contributed by atoms with van der Waals surface area (Å²) in [5.74, 6) is 0. The minimum absolute atomic E-state index is 1.36. The lowest BCUT2D eigenvalue weighted by atomic mass is 10.0. The summed E-state index contributed by atoms with van der Waals surface area (Å²) < 4.78 is 0. The molecule has 1 aliphatic rings. The first kappa shape index (κ1) is 16.0. The Morgan fingerprint density at radius 1 is 0.714 bits per heavy atom. The van der Waals surface area contributed by atoms with Crippen LogP contribution in [-0.4, -0.2) is 21.1 Å². The van der Waals surface area contributed by atoms with Gasteiger partial charge in [-0.1, -0.05) is 38.5 Å². The molecule has 2 N–H and O–H groups in total. The van der Waals surface area contributed by atoms with Crippen LogP contribution in [0.5, 0.6) is 0 Å². The van der Waals surface area contributed by atoms with Crippen LogP contribution in [0.4, 0.5) is 9.59 Å². The Hall–Kier alpha value is -0.480. The van der Waals surface area contributed by atoms with Gasteiger partial charge in [-0.25, -0.2) is 9.59 Å². The topological polar surface area (TPSA) is 74.6 Å². The Labute approximate surface area is 92.8 Å². The van der Waals surface area contributed by atoms with E-state index in [1.807, 2.05) is 0 Å². The number of rotatable bonds is 0. The van der Waals surface area contributed by atoms with Crippen molar-refractivity contribution in [3.05, 3.63) is 0 Å². The van der Waals surface area contributed by atoms with Crippen molar-refractivity contribution >= 4 is 34.1 Å². The van der Waals surface area contributed by atoms with E-state index < -0.39 is 10.9 Å². The number of hydrogen-bond acceptors (Lipinski definition) is 2. The molecule has 1 saturated carbocycles. The molecule has 0 aliphatic heterocycles. The van der Waals surface area contributed by atoms with Gasteiger partial charge in [-0.15, -0.1) is 0 Å². The molecular formula is C8H14Cl2O4. The monoisotopic (exact) mass is 244 g/mol.